The van der Waals surface area contributed by atoms with Crippen LogP contribution in [0.2, 0.25) is 0 Å². The molecule has 116 valence electrons. The zero-order chi connectivity index (χ0) is 15.3. The quantitative estimate of drug-likeness (QED) is 0.773. The second-order valence-corrected chi connectivity index (χ2v) is 6.90. The molecule has 0 spiro atoms. The van der Waals surface area contributed by atoms with Gasteiger partial charge in [-0.05, 0) is 51.8 Å². The van der Waals surface area contributed by atoms with Gasteiger partial charge in [0.2, 0.25) is 0 Å². The molecule has 5 nitrogen and oxygen atoms in total. The van der Waals surface area contributed by atoms with E-state index in [9.17, 15) is 0 Å². The van der Waals surface area contributed by atoms with Crippen molar-refractivity contribution in [1.82, 2.24) is 9.27 Å². The average molecular weight is 300 g/mol. The van der Waals surface area contributed by atoms with Crippen LogP contribution in [0.5, 0.6) is 5.75 Å². The fraction of sp³-hybridized carbons (Fsp3) is 0.786. The molecular weight excluding hydrogens is 272 g/mol. The van der Waals surface area contributed by atoms with Gasteiger partial charge in [-0.25, -0.2) is 0 Å². The summed E-state index contributed by atoms with van der Waals surface area (Å²) >= 11 is 1.37. The summed E-state index contributed by atoms with van der Waals surface area (Å²) in [6, 6.07) is 0.361. The Morgan fingerprint density at radius 1 is 1.30 bits per heavy atom. The van der Waals surface area contributed by atoms with Crippen molar-refractivity contribution in [2.24, 2.45) is 5.92 Å². The normalized spacial score (nSPS) is 13.2. The molecule has 0 saturated heterocycles. The highest BCUT2D eigenvalue weighted by Gasteiger charge is 2.19. The number of anilines is 2. The van der Waals surface area contributed by atoms with Gasteiger partial charge < -0.3 is 20.7 Å². The molecule has 0 aromatic carbocycles. The van der Waals surface area contributed by atoms with Gasteiger partial charge >= 0.3 is 0 Å². The van der Waals surface area contributed by atoms with Crippen LogP contribution in [-0.4, -0.2) is 42.1 Å². The van der Waals surface area contributed by atoms with Gasteiger partial charge in [-0.2, -0.15) is 4.37 Å². The summed E-state index contributed by atoms with van der Waals surface area (Å²) in [5.74, 6) is 1.80. The van der Waals surface area contributed by atoms with Crippen LogP contribution in [-0.2, 0) is 0 Å². The Morgan fingerprint density at radius 3 is 2.45 bits per heavy atom. The Balaban J connectivity index is 2.81. The topological polar surface area (TPSA) is 63.4 Å². The fourth-order valence-corrected chi connectivity index (χ4v) is 2.84. The first-order valence-corrected chi connectivity index (χ1v) is 7.90. The highest BCUT2D eigenvalue weighted by Crippen LogP contribution is 2.36. The Bertz CT molecular complexity index is 394. The average Bonchev–Trinajstić information content (AvgIpc) is 2.59. The monoisotopic (exact) mass is 300 g/mol. The number of ether oxygens (including phenoxy) is 1. The molecule has 1 aromatic rings. The van der Waals surface area contributed by atoms with Crippen molar-refractivity contribution in [2.45, 2.75) is 46.3 Å². The fourth-order valence-electron chi connectivity index (χ4n) is 2.11. The number of likely N-dealkylation sites (N-methyl/N-ethyl adjacent to an activating group) is 1. The third-order valence-corrected chi connectivity index (χ3v) is 3.48. The molecule has 3 N–H and O–H groups in total. The number of nitrogens with one attached hydrogen (secondary N) is 1. The van der Waals surface area contributed by atoms with E-state index in [2.05, 4.69) is 42.5 Å². The lowest BCUT2D eigenvalue weighted by molar-refractivity contribution is 0.245. The second-order valence-electron chi connectivity index (χ2n) is 6.13. The predicted octanol–water partition coefficient (Wildman–Crippen LogP) is 2.90. The van der Waals surface area contributed by atoms with Crippen molar-refractivity contribution < 1.29 is 4.74 Å². The molecule has 0 radical (unpaired) electrons. The van der Waals surface area contributed by atoms with E-state index < -0.39 is 0 Å². The van der Waals surface area contributed by atoms with Crippen LogP contribution in [0, 0.1) is 5.92 Å². The number of nitrogens with two attached hydrogens (primary N) is 1. The van der Waals surface area contributed by atoms with E-state index in [1.54, 1.807) is 0 Å². The van der Waals surface area contributed by atoms with Gasteiger partial charge in [0.1, 0.15) is 0 Å². The standard InChI is InChI=1S/C14H28N4OS/c1-9(2)7-11(8-18(5)6)16-14-12(19-10(3)4)13(15)17-20-14/h9-11,16H,7-8H2,1-6H3,(H2,15,17). The summed E-state index contributed by atoms with van der Waals surface area (Å²) in [7, 11) is 4.17. The van der Waals surface area contributed by atoms with Crippen LogP contribution in [0.1, 0.15) is 34.1 Å². The van der Waals surface area contributed by atoms with Gasteiger partial charge in [0.05, 0.1) is 6.10 Å². The minimum atomic E-state index is 0.0895. The van der Waals surface area contributed by atoms with E-state index in [0.29, 0.717) is 23.5 Å². The Hall–Kier alpha value is -1.01. The number of hydrogen-bond donors (Lipinski definition) is 2. The maximum absolute atomic E-state index is 5.89. The molecule has 20 heavy (non-hydrogen) atoms. The molecule has 1 atom stereocenters. The lowest BCUT2D eigenvalue weighted by Crippen LogP contribution is -2.33. The van der Waals surface area contributed by atoms with Crippen molar-refractivity contribution >= 4 is 22.4 Å². The minimum Gasteiger partial charge on any atom is -0.484 e. The van der Waals surface area contributed by atoms with E-state index in [-0.39, 0.29) is 6.10 Å². The first-order valence-electron chi connectivity index (χ1n) is 7.12. The third kappa shape index (κ3) is 5.54. The summed E-state index contributed by atoms with van der Waals surface area (Å²) < 4.78 is 9.97. The smallest absolute Gasteiger partial charge is 0.197 e. The molecular formula is C14H28N4OS. The number of nitrogen functional groups attached to an aromatic ring is 1. The van der Waals surface area contributed by atoms with E-state index >= 15 is 0 Å². The van der Waals surface area contributed by atoms with Gasteiger partial charge in [0.15, 0.2) is 16.6 Å². The summed E-state index contributed by atoms with van der Waals surface area (Å²) in [4.78, 5) is 2.19. The molecule has 0 fully saturated rings. The van der Waals surface area contributed by atoms with Crippen LogP contribution in [0.15, 0.2) is 0 Å². The van der Waals surface area contributed by atoms with Crippen molar-refractivity contribution in [2.75, 3.05) is 31.7 Å². The maximum atomic E-state index is 5.89. The van der Waals surface area contributed by atoms with Gasteiger partial charge in [-0.3, -0.25) is 0 Å². The van der Waals surface area contributed by atoms with Crippen LogP contribution in [0.3, 0.4) is 0 Å². The van der Waals surface area contributed by atoms with Crippen LogP contribution < -0.4 is 15.8 Å². The van der Waals surface area contributed by atoms with E-state index in [1.807, 2.05) is 13.8 Å². The molecule has 1 unspecified atom stereocenters. The molecule has 0 aliphatic rings. The van der Waals surface area contributed by atoms with Gasteiger partial charge in [-0.15, -0.1) is 0 Å². The molecule has 6 heteroatoms. The molecule has 0 bridgehead atoms. The number of nitrogens with zero attached hydrogens (tertiary/aromatic N) is 2. The summed E-state index contributed by atoms with van der Waals surface area (Å²) in [5.41, 5.74) is 5.89. The lowest BCUT2D eigenvalue weighted by atomic mass is 10.0. The van der Waals surface area contributed by atoms with Crippen molar-refractivity contribution in [3.05, 3.63) is 0 Å². The number of rotatable bonds is 8. The molecule has 1 aromatic heterocycles. The molecule has 0 aliphatic carbocycles. The predicted molar refractivity (Wildman–Crippen MR) is 87.7 cm³/mol. The Kier molecular flexibility index (Phi) is 6.55. The first-order chi connectivity index (χ1) is 9.29. The highest BCUT2D eigenvalue weighted by atomic mass is 32.1. The van der Waals surface area contributed by atoms with Crippen molar-refractivity contribution in [3.8, 4) is 5.75 Å². The van der Waals surface area contributed by atoms with Crippen LogP contribution in [0.25, 0.3) is 0 Å². The van der Waals surface area contributed by atoms with Gasteiger partial charge in [0, 0.05) is 12.6 Å². The van der Waals surface area contributed by atoms with Crippen LogP contribution >= 0.6 is 11.5 Å². The molecule has 1 heterocycles. The second kappa shape index (κ2) is 7.69. The molecule has 0 saturated carbocycles. The highest BCUT2D eigenvalue weighted by molar-refractivity contribution is 7.11. The summed E-state index contributed by atoms with van der Waals surface area (Å²) in [6.07, 6.45) is 1.18. The Labute approximate surface area is 126 Å². The number of aromatic nitrogens is 1. The van der Waals surface area contributed by atoms with E-state index in [4.69, 9.17) is 10.5 Å². The summed E-state index contributed by atoms with van der Waals surface area (Å²) in [5, 5.41) is 4.48. The van der Waals surface area contributed by atoms with E-state index in [0.717, 1.165) is 18.0 Å². The first kappa shape index (κ1) is 17.0. The largest absolute Gasteiger partial charge is 0.484 e. The summed E-state index contributed by atoms with van der Waals surface area (Å²) in [6.45, 7) is 9.42. The molecule has 1 rings (SSSR count). The maximum Gasteiger partial charge on any atom is 0.197 e. The molecule has 0 amide bonds. The minimum absolute atomic E-state index is 0.0895. The van der Waals surface area contributed by atoms with Crippen molar-refractivity contribution in [1.29, 1.82) is 0 Å². The zero-order valence-electron chi connectivity index (χ0n) is 13.4. The Morgan fingerprint density at radius 2 is 1.95 bits per heavy atom. The number of hydrogen-bond acceptors (Lipinski definition) is 6. The van der Waals surface area contributed by atoms with Gasteiger partial charge in [0.25, 0.3) is 0 Å². The zero-order valence-corrected chi connectivity index (χ0v) is 14.3. The van der Waals surface area contributed by atoms with Gasteiger partial charge in [-0.1, -0.05) is 13.8 Å². The van der Waals surface area contributed by atoms with Crippen LogP contribution in [0.4, 0.5) is 10.8 Å². The SMILES string of the molecule is CC(C)CC(CN(C)C)Nc1snc(N)c1OC(C)C. The lowest BCUT2D eigenvalue weighted by Gasteiger charge is -2.24. The molecule has 0 aliphatic heterocycles. The van der Waals surface area contributed by atoms with Crippen molar-refractivity contribution in [3.63, 3.8) is 0 Å². The third-order valence-electron chi connectivity index (χ3n) is 2.70. The van der Waals surface area contributed by atoms with E-state index in [1.165, 1.54) is 11.5 Å².